The van der Waals surface area contributed by atoms with Crippen molar-refractivity contribution in [2.75, 3.05) is 6.54 Å². The molecule has 16 heavy (non-hydrogen) atoms. The first-order chi connectivity index (χ1) is 7.54. The van der Waals surface area contributed by atoms with Gasteiger partial charge in [0.1, 0.15) is 0 Å². The Morgan fingerprint density at radius 2 is 2.12 bits per heavy atom. The van der Waals surface area contributed by atoms with E-state index in [1.54, 1.807) is 6.07 Å². The van der Waals surface area contributed by atoms with E-state index in [-0.39, 0.29) is 6.04 Å². The summed E-state index contributed by atoms with van der Waals surface area (Å²) in [5.41, 5.74) is 2.26. The van der Waals surface area contributed by atoms with Gasteiger partial charge < -0.3 is 5.32 Å². The highest BCUT2D eigenvalue weighted by Gasteiger charge is 2.09. The number of halogens is 2. The van der Waals surface area contributed by atoms with Crippen molar-refractivity contribution in [3.63, 3.8) is 0 Å². The molecule has 0 aromatic heterocycles. The molecule has 0 bridgehead atoms. The molecule has 0 spiro atoms. The highest BCUT2D eigenvalue weighted by Crippen LogP contribution is 2.26. The maximum Gasteiger partial charge on any atom is 0.0468 e. The molecule has 0 aliphatic heterocycles. The molecule has 1 rings (SSSR count). The Bertz CT molecular complexity index is 374. The Morgan fingerprint density at radius 3 is 2.69 bits per heavy atom. The molecule has 1 nitrogen and oxygen atoms in total. The van der Waals surface area contributed by atoms with Crippen LogP contribution in [-0.4, -0.2) is 6.54 Å². The molecule has 0 saturated heterocycles. The van der Waals surface area contributed by atoms with Gasteiger partial charge in [-0.2, -0.15) is 0 Å². The Morgan fingerprint density at radius 1 is 1.44 bits per heavy atom. The number of benzene rings is 1. The second kappa shape index (κ2) is 6.29. The van der Waals surface area contributed by atoms with Crippen molar-refractivity contribution in [3.8, 4) is 0 Å². The highest BCUT2D eigenvalue weighted by atomic mass is 35.5. The third-order valence-corrected chi connectivity index (χ3v) is 3.15. The van der Waals surface area contributed by atoms with Gasteiger partial charge in [0.05, 0.1) is 0 Å². The number of hydrogen-bond acceptors (Lipinski definition) is 1. The molecule has 0 fully saturated rings. The zero-order valence-corrected chi connectivity index (χ0v) is 11.2. The fourth-order valence-corrected chi connectivity index (χ4v) is 1.96. The van der Waals surface area contributed by atoms with Crippen molar-refractivity contribution >= 4 is 23.2 Å². The lowest BCUT2D eigenvalue weighted by molar-refractivity contribution is 0.602. The van der Waals surface area contributed by atoms with Crippen LogP contribution in [0.3, 0.4) is 0 Å². The van der Waals surface area contributed by atoms with Crippen LogP contribution < -0.4 is 5.32 Å². The smallest absolute Gasteiger partial charge is 0.0468 e. The minimum absolute atomic E-state index is 0.202. The van der Waals surface area contributed by atoms with E-state index in [4.69, 9.17) is 23.2 Å². The van der Waals surface area contributed by atoms with Gasteiger partial charge in [0.25, 0.3) is 0 Å². The Kier molecular flexibility index (Phi) is 5.33. The lowest BCUT2D eigenvalue weighted by Crippen LogP contribution is -2.21. The fraction of sp³-hybridized carbons (Fsp3) is 0.385. The fourth-order valence-electron chi connectivity index (χ4n) is 1.39. The summed E-state index contributed by atoms with van der Waals surface area (Å²) < 4.78 is 0. The normalized spacial score (nSPS) is 12.5. The van der Waals surface area contributed by atoms with E-state index in [0.29, 0.717) is 10.0 Å². The van der Waals surface area contributed by atoms with Crippen LogP contribution in [0.2, 0.25) is 10.0 Å². The zero-order chi connectivity index (χ0) is 12.1. The molecule has 1 unspecified atom stereocenters. The van der Waals surface area contributed by atoms with Gasteiger partial charge in [-0.1, -0.05) is 48.3 Å². The summed E-state index contributed by atoms with van der Waals surface area (Å²) >= 11 is 12.0. The first-order valence-electron chi connectivity index (χ1n) is 5.39. The maximum atomic E-state index is 6.13. The van der Waals surface area contributed by atoms with Crippen molar-refractivity contribution in [2.24, 2.45) is 0 Å². The third kappa shape index (κ3) is 3.82. The second-order valence-corrected chi connectivity index (χ2v) is 4.72. The van der Waals surface area contributed by atoms with Gasteiger partial charge in [-0.15, -0.1) is 0 Å². The summed E-state index contributed by atoms with van der Waals surface area (Å²) in [6, 6.07) is 5.78. The standard InChI is InChI=1S/C13H17Cl2N/c1-4-9(2)8-16-10(3)12-6-5-11(14)7-13(12)15/h5-7,10,16H,2,4,8H2,1,3H3. The predicted molar refractivity (Wildman–Crippen MR) is 72.3 cm³/mol. The molecule has 0 saturated carbocycles. The largest absolute Gasteiger partial charge is 0.306 e. The van der Waals surface area contributed by atoms with Gasteiger partial charge in [0.2, 0.25) is 0 Å². The summed E-state index contributed by atoms with van der Waals surface area (Å²) in [5.74, 6) is 0. The average Bonchev–Trinajstić information content (AvgIpc) is 2.25. The molecule has 88 valence electrons. The highest BCUT2D eigenvalue weighted by molar-refractivity contribution is 6.35. The Labute approximate surface area is 107 Å². The quantitative estimate of drug-likeness (QED) is 0.760. The number of rotatable bonds is 5. The van der Waals surface area contributed by atoms with Gasteiger partial charge in [-0.05, 0) is 31.0 Å². The Balaban J connectivity index is 2.65. The molecule has 0 radical (unpaired) electrons. The predicted octanol–water partition coefficient (Wildman–Crippen LogP) is 4.61. The van der Waals surface area contributed by atoms with Crippen molar-refractivity contribution in [3.05, 3.63) is 46.0 Å². The number of nitrogens with one attached hydrogen (secondary N) is 1. The monoisotopic (exact) mass is 257 g/mol. The molecule has 1 atom stereocenters. The molecule has 1 aromatic carbocycles. The van der Waals surface area contributed by atoms with Crippen molar-refractivity contribution in [1.82, 2.24) is 5.32 Å². The molecule has 1 N–H and O–H groups in total. The summed E-state index contributed by atoms with van der Waals surface area (Å²) in [6.07, 6.45) is 0.994. The van der Waals surface area contributed by atoms with Gasteiger partial charge in [0, 0.05) is 22.6 Å². The van der Waals surface area contributed by atoms with Crippen LogP contribution in [0.4, 0.5) is 0 Å². The van der Waals surface area contributed by atoms with Crippen molar-refractivity contribution in [1.29, 1.82) is 0 Å². The topological polar surface area (TPSA) is 12.0 Å². The maximum absolute atomic E-state index is 6.13. The minimum Gasteiger partial charge on any atom is -0.306 e. The molecular weight excluding hydrogens is 241 g/mol. The van der Waals surface area contributed by atoms with Gasteiger partial charge in [-0.3, -0.25) is 0 Å². The van der Waals surface area contributed by atoms with Gasteiger partial charge in [-0.25, -0.2) is 0 Å². The summed E-state index contributed by atoms with van der Waals surface area (Å²) in [4.78, 5) is 0. The van der Waals surface area contributed by atoms with Crippen LogP contribution >= 0.6 is 23.2 Å². The van der Waals surface area contributed by atoms with E-state index in [0.717, 1.165) is 18.5 Å². The minimum atomic E-state index is 0.202. The average molecular weight is 258 g/mol. The SMILES string of the molecule is C=C(CC)CNC(C)c1ccc(Cl)cc1Cl. The van der Waals surface area contributed by atoms with E-state index in [9.17, 15) is 0 Å². The second-order valence-electron chi connectivity index (χ2n) is 3.87. The van der Waals surface area contributed by atoms with E-state index in [2.05, 4.69) is 25.7 Å². The molecular formula is C13H17Cl2N. The van der Waals surface area contributed by atoms with E-state index in [1.807, 2.05) is 12.1 Å². The van der Waals surface area contributed by atoms with Crippen LogP contribution in [0.15, 0.2) is 30.4 Å². The van der Waals surface area contributed by atoms with Crippen LogP contribution in [0.25, 0.3) is 0 Å². The van der Waals surface area contributed by atoms with Gasteiger partial charge in [0.15, 0.2) is 0 Å². The summed E-state index contributed by atoms with van der Waals surface area (Å²) in [5, 5.41) is 4.75. The molecule has 0 heterocycles. The third-order valence-electron chi connectivity index (χ3n) is 2.59. The summed E-state index contributed by atoms with van der Waals surface area (Å²) in [6.45, 7) is 8.96. The number of hydrogen-bond donors (Lipinski definition) is 1. The first kappa shape index (κ1) is 13.6. The van der Waals surface area contributed by atoms with Crippen LogP contribution in [0.1, 0.15) is 31.9 Å². The first-order valence-corrected chi connectivity index (χ1v) is 6.15. The zero-order valence-electron chi connectivity index (χ0n) is 9.69. The lowest BCUT2D eigenvalue weighted by Gasteiger charge is -2.16. The molecule has 0 amide bonds. The molecule has 0 aliphatic rings. The van der Waals surface area contributed by atoms with Crippen LogP contribution in [-0.2, 0) is 0 Å². The van der Waals surface area contributed by atoms with E-state index >= 15 is 0 Å². The molecule has 1 aromatic rings. The lowest BCUT2D eigenvalue weighted by atomic mass is 10.1. The summed E-state index contributed by atoms with van der Waals surface area (Å²) in [7, 11) is 0. The van der Waals surface area contributed by atoms with Crippen molar-refractivity contribution in [2.45, 2.75) is 26.3 Å². The van der Waals surface area contributed by atoms with Crippen molar-refractivity contribution < 1.29 is 0 Å². The van der Waals surface area contributed by atoms with E-state index in [1.165, 1.54) is 5.57 Å². The Hall–Kier alpha value is -0.500. The molecule has 3 heteroatoms. The van der Waals surface area contributed by atoms with Gasteiger partial charge >= 0.3 is 0 Å². The van der Waals surface area contributed by atoms with E-state index < -0.39 is 0 Å². The molecule has 0 aliphatic carbocycles. The van der Waals surface area contributed by atoms with Crippen LogP contribution in [0, 0.1) is 0 Å². The van der Waals surface area contributed by atoms with Crippen LogP contribution in [0.5, 0.6) is 0 Å².